The first-order valence-electron chi connectivity index (χ1n) is 6.84. The minimum absolute atomic E-state index is 0.120. The van der Waals surface area contributed by atoms with E-state index in [1.54, 1.807) is 6.92 Å². The first kappa shape index (κ1) is 13.1. The van der Waals surface area contributed by atoms with Crippen LogP contribution in [0, 0.1) is 11.8 Å². The molecule has 2 atom stereocenters. The maximum Gasteiger partial charge on any atom is 0.306 e. The second-order valence-corrected chi connectivity index (χ2v) is 5.53. The summed E-state index contributed by atoms with van der Waals surface area (Å²) in [6, 6.07) is 2.59. The van der Waals surface area contributed by atoms with Crippen LogP contribution in [-0.4, -0.2) is 20.9 Å². The Morgan fingerprint density at radius 1 is 1.50 bits per heavy atom. The van der Waals surface area contributed by atoms with E-state index in [0.717, 1.165) is 12.1 Å². The number of aliphatic carboxylic acids is 1. The van der Waals surface area contributed by atoms with Gasteiger partial charge >= 0.3 is 5.97 Å². The van der Waals surface area contributed by atoms with E-state index in [4.69, 9.17) is 5.11 Å². The third kappa shape index (κ3) is 2.92. The molecule has 1 aliphatic rings. The van der Waals surface area contributed by atoms with Gasteiger partial charge in [0.15, 0.2) is 0 Å². The van der Waals surface area contributed by atoms with Gasteiger partial charge in [0.05, 0.1) is 17.7 Å². The second-order valence-electron chi connectivity index (χ2n) is 5.53. The van der Waals surface area contributed by atoms with Gasteiger partial charge in [0.2, 0.25) is 0 Å². The van der Waals surface area contributed by atoms with Crippen molar-refractivity contribution in [2.75, 3.05) is 0 Å². The lowest BCUT2D eigenvalue weighted by molar-refractivity contribution is -0.142. The van der Waals surface area contributed by atoms with Gasteiger partial charge < -0.3 is 5.11 Å². The minimum Gasteiger partial charge on any atom is -0.481 e. The van der Waals surface area contributed by atoms with E-state index in [1.165, 1.54) is 25.7 Å². The van der Waals surface area contributed by atoms with Crippen LogP contribution in [0.1, 0.15) is 51.3 Å². The largest absolute Gasteiger partial charge is 0.481 e. The second kappa shape index (κ2) is 5.55. The molecule has 4 nitrogen and oxygen atoms in total. The highest BCUT2D eigenvalue weighted by atomic mass is 16.4. The summed E-state index contributed by atoms with van der Waals surface area (Å²) >= 11 is 0. The van der Waals surface area contributed by atoms with Crippen LogP contribution in [-0.2, 0) is 11.2 Å². The first-order chi connectivity index (χ1) is 8.58. The summed E-state index contributed by atoms with van der Waals surface area (Å²) < 4.78 is 2.07. The normalized spacial score (nSPS) is 19.9. The van der Waals surface area contributed by atoms with Crippen molar-refractivity contribution in [3.63, 3.8) is 0 Å². The highest BCUT2D eigenvalue weighted by molar-refractivity contribution is 5.69. The number of hydrogen-bond acceptors (Lipinski definition) is 2. The molecule has 2 unspecified atom stereocenters. The number of hydrogen-bond donors (Lipinski definition) is 1. The Hall–Kier alpha value is -1.32. The molecule has 1 aliphatic carbocycles. The quantitative estimate of drug-likeness (QED) is 0.874. The maximum atomic E-state index is 10.9. The molecule has 1 fully saturated rings. The van der Waals surface area contributed by atoms with Crippen molar-refractivity contribution in [1.29, 1.82) is 0 Å². The lowest BCUT2D eigenvalue weighted by Gasteiger charge is -2.14. The lowest BCUT2D eigenvalue weighted by Crippen LogP contribution is -2.20. The summed E-state index contributed by atoms with van der Waals surface area (Å²) in [6.07, 6.45) is 7.83. The minimum atomic E-state index is -0.724. The Morgan fingerprint density at radius 3 is 2.78 bits per heavy atom. The van der Waals surface area contributed by atoms with E-state index in [1.807, 2.05) is 19.2 Å². The van der Waals surface area contributed by atoms with Crippen LogP contribution in [0.3, 0.4) is 0 Å². The fraction of sp³-hybridized carbons (Fsp3) is 0.714. The van der Waals surface area contributed by atoms with Gasteiger partial charge in [-0.25, -0.2) is 0 Å². The molecular weight excluding hydrogens is 228 g/mol. The van der Waals surface area contributed by atoms with E-state index in [-0.39, 0.29) is 11.8 Å². The predicted molar refractivity (Wildman–Crippen MR) is 69.4 cm³/mol. The monoisotopic (exact) mass is 250 g/mol. The number of carbonyl (C=O) groups is 1. The van der Waals surface area contributed by atoms with Gasteiger partial charge in [0.1, 0.15) is 0 Å². The SMILES string of the molecule is CC(Cc1ccn(C2CCCC2)n1)C(C)C(=O)O. The summed E-state index contributed by atoms with van der Waals surface area (Å²) in [5, 5.41) is 13.6. The number of aromatic nitrogens is 2. The summed E-state index contributed by atoms with van der Waals surface area (Å²) in [4.78, 5) is 10.9. The van der Waals surface area contributed by atoms with Gasteiger partial charge in [0.25, 0.3) is 0 Å². The lowest BCUT2D eigenvalue weighted by atomic mass is 9.92. The Kier molecular flexibility index (Phi) is 4.04. The molecule has 2 rings (SSSR count). The van der Waals surface area contributed by atoms with Crippen LogP contribution >= 0.6 is 0 Å². The van der Waals surface area contributed by atoms with E-state index >= 15 is 0 Å². The van der Waals surface area contributed by atoms with Gasteiger partial charge in [-0.05, 0) is 31.2 Å². The maximum absolute atomic E-state index is 10.9. The van der Waals surface area contributed by atoms with Crippen LogP contribution in [0.2, 0.25) is 0 Å². The molecule has 0 aromatic carbocycles. The third-order valence-electron chi connectivity index (χ3n) is 4.14. The molecule has 1 saturated carbocycles. The van der Waals surface area contributed by atoms with Gasteiger partial charge in [-0.1, -0.05) is 26.7 Å². The zero-order valence-corrected chi connectivity index (χ0v) is 11.2. The molecule has 1 heterocycles. The fourth-order valence-corrected chi connectivity index (χ4v) is 2.61. The molecule has 1 N–H and O–H groups in total. The van der Waals surface area contributed by atoms with Gasteiger partial charge in [-0.15, -0.1) is 0 Å². The van der Waals surface area contributed by atoms with Crippen molar-refractivity contribution in [2.24, 2.45) is 11.8 Å². The summed E-state index contributed by atoms with van der Waals surface area (Å²) in [6.45, 7) is 3.74. The Bertz CT molecular complexity index is 408. The van der Waals surface area contributed by atoms with Crippen LogP contribution < -0.4 is 0 Å². The summed E-state index contributed by atoms with van der Waals surface area (Å²) in [7, 11) is 0. The Morgan fingerprint density at radius 2 is 2.17 bits per heavy atom. The highest BCUT2D eigenvalue weighted by Crippen LogP contribution is 2.29. The molecule has 4 heteroatoms. The highest BCUT2D eigenvalue weighted by Gasteiger charge is 2.22. The average molecular weight is 250 g/mol. The van der Waals surface area contributed by atoms with E-state index in [9.17, 15) is 4.79 Å². The van der Waals surface area contributed by atoms with Gasteiger partial charge in [-0.3, -0.25) is 9.48 Å². The number of nitrogens with zero attached hydrogens (tertiary/aromatic N) is 2. The molecule has 0 saturated heterocycles. The average Bonchev–Trinajstić information content (AvgIpc) is 2.96. The molecule has 0 amide bonds. The van der Waals surface area contributed by atoms with E-state index < -0.39 is 5.97 Å². The van der Waals surface area contributed by atoms with Crippen molar-refractivity contribution >= 4 is 5.97 Å². The first-order valence-corrected chi connectivity index (χ1v) is 6.84. The molecule has 1 aromatic rings. The summed E-state index contributed by atoms with van der Waals surface area (Å²) in [5.74, 6) is -0.922. The number of carboxylic acid groups (broad SMARTS) is 1. The van der Waals surface area contributed by atoms with Gasteiger partial charge in [-0.2, -0.15) is 5.10 Å². The Balaban J connectivity index is 1.95. The van der Waals surface area contributed by atoms with Crippen molar-refractivity contribution in [3.05, 3.63) is 18.0 Å². The third-order valence-corrected chi connectivity index (χ3v) is 4.14. The fourth-order valence-electron chi connectivity index (χ4n) is 2.61. The number of rotatable bonds is 5. The van der Waals surface area contributed by atoms with Crippen LogP contribution in [0.15, 0.2) is 12.3 Å². The van der Waals surface area contributed by atoms with Crippen molar-refractivity contribution < 1.29 is 9.90 Å². The zero-order chi connectivity index (χ0) is 13.1. The van der Waals surface area contributed by atoms with Crippen molar-refractivity contribution in [1.82, 2.24) is 9.78 Å². The van der Waals surface area contributed by atoms with Gasteiger partial charge in [0, 0.05) is 6.20 Å². The standard InChI is InChI=1S/C14H22N2O2/c1-10(11(2)14(17)18)9-12-7-8-16(15-12)13-5-3-4-6-13/h7-8,10-11,13H,3-6,9H2,1-2H3,(H,17,18). The molecule has 0 radical (unpaired) electrons. The molecule has 100 valence electrons. The molecular formula is C14H22N2O2. The molecule has 0 bridgehead atoms. The van der Waals surface area contributed by atoms with Crippen LogP contribution in [0.4, 0.5) is 0 Å². The molecule has 0 spiro atoms. The molecule has 18 heavy (non-hydrogen) atoms. The number of carboxylic acids is 1. The smallest absolute Gasteiger partial charge is 0.306 e. The van der Waals surface area contributed by atoms with Crippen LogP contribution in [0.25, 0.3) is 0 Å². The zero-order valence-electron chi connectivity index (χ0n) is 11.2. The Labute approximate surface area is 108 Å². The van der Waals surface area contributed by atoms with E-state index in [2.05, 4.69) is 9.78 Å². The predicted octanol–water partition coefficient (Wildman–Crippen LogP) is 2.90. The van der Waals surface area contributed by atoms with Crippen molar-refractivity contribution in [3.8, 4) is 0 Å². The molecule has 1 aromatic heterocycles. The topological polar surface area (TPSA) is 55.1 Å². The summed E-state index contributed by atoms with van der Waals surface area (Å²) in [5.41, 5.74) is 1.02. The van der Waals surface area contributed by atoms with Crippen molar-refractivity contribution in [2.45, 2.75) is 52.0 Å². The van der Waals surface area contributed by atoms with E-state index in [0.29, 0.717) is 6.04 Å². The van der Waals surface area contributed by atoms with Crippen LogP contribution in [0.5, 0.6) is 0 Å². The molecule has 0 aliphatic heterocycles.